The van der Waals surface area contributed by atoms with Crippen molar-refractivity contribution in [3.05, 3.63) is 18.2 Å². The molecular formula is C22H38N12O7. The van der Waals surface area contributed by atoms with Gasteiger partial charge >= 0.3 is 11.9 Å². The van der Waals surface area contributed by atoms with E-state index in [1.54, 1.807) is 0 Å². The van der Waals surface area contributed by atoms with E-state index in [0.717, 1.165) is 0 Å². The molecule has 0 radical (unpaired) electrons. The number of guanidine groups is 2. The van der Waals surface area contributed by atoms with Gasteiger partial charge in [0.15, 0.2) is 11.9 Å². The number of amides is 3. The number of rotatable bonds is 19. The van der Waals surface area contributed by atoms with Gasteiger partial charge in [-0.25, -0.2) is 9.78 Å². The first-order valence-corrected chi connectivity index (χ1v) is 12.5. The first kappa shape index (κ1) is 34.1. The highest BCUT2D eigenvalue weighted by Gasteiger charge is 2.31. The minimum atomic E-state index is -1.76. The highest BCUT2D eigenvalue weighted by atomic mass is 16.4. The summed E-state index contributed by atoms with van der Waals surface area (Å²) in [6, 6.07) is -5.32. The van der Waals surface area contributed by atoms with Crippen LogP contribution in [0.25, 0.3) is 0 Å². The molecule has 1 rings (SSSR count). The SMILES string of the molecule is NC(N)=NCCCC(NC(=O)C(N)Cc1cnc[nH]1)C(=O)NC(CCCN=C(N)N)C(=O)NC(CC(=O)O)C(=O)O. The van der Waals surface area contributed by atoms with Crippen LogP contribution in [-0.2, 0) is 30.4 Å². The molecule has 3 amide bonds. The van der Waals surface area contributed by atoms with Crippen molar-refractivity contribution in [2.75, 3.05) is 13.1 Å². The van der Waals surface area contributed by atoms with Crippen molar-refractivity contribution in [2.45, 2.75) is 62.7 Å². The van der Waals surface area contributed by atoms with E-state index in [-0.39, 0.29) is 57.1 Å². The predicted molar refractivity (Wildman–Crippen MR) is 146 cm³/mol. The van der Waals surface area contributed by atoms with Gasteiger partial charge in [-0.1, -0.05) is 0 Å². The topological polar surface area (TPSA) is 345 Å². The summed E-state index contributed by atoms with van der Waals surface area (Å²) in [5.74, 6) is -5.81. The number of carboxylic acids is 2. The van der Waals surface area contributed by atoms with Gasteiger partial charge in [-0.2, -0.15) is 0 Å². The largest absolute Gasteiger partial charge is 0.481 e. The molecule has 19 nitrogen and oxygen atoms in total. The Morgan fingerprint density at radius 3 is 1.73 bits per heavy atom. The van der Waals surface area contributed by atoms with E-state index >= 15 is 0 Å². The number of aliphatic carboxylic acids is 2. The number of imidazole rings is 1. The fraction of sp³-hybridized carbons (Fsp3) is 0.545. The van der Waals surface area contributed by atoms with Gasteiger partial charge in [-0.05, 0) is 25.7 Å². The van der Waals surface area contributed by atoms with Gasteiger partial charge in [0.25, 0.3) is 0 Å². The number of hydrogen-bond acceptors (Lipinski definition) is 9. The van der Waals surface area contributed by atoms with Crippen molar-refractivity contribution in [2.24, 2.45) is 38.7 Å². The quantitative estimate of drug-likeness (QED) is 0.0416. The van der Waals surface area contributed by atoms with E-state index in [4.69, 9.17) is 33.8 Å². The lowest BCUT2D eigenvalue weighted by atomic mass is 10.1. The Hall–Kier alpha value is -4.94. The number of H-pyrrole nitrogens is 1. The number of carboxylic acid groups (broad SMARTS) is 2. The molecule has 1 aromatic rings. The molecule has 0 fully saturated rings. The van der Waals surface area contributed by atoms with Crippen molar-refractivity contribution >= 4 is 41.6 Å². The molecule has 0 aliphatic rings. The molecule has 4 atom stereocenters. The van der Waals surface area contributed by atoms with Gasteiger partial charge < -0.3 is 59.8 Å². The first-order valence-electron chi connectivity index (χ1n) is 12.5. The van der Waals surface area contributed by atoms with Crippen LogP contribution in [0.1, 0.15) is 37.8 Å². The van der Waals surface area contributed by atoms with Gasteiger partial charge in [0, 0.05) is 31.4 Å². The molecule has 0 saturated heterocycles. The summed E-state index contributed by atoms with van der Waals surface area (Å²) in [5, 5.41) is 25.4. The third kappa shape index (κ3) is 14.1. The van der Waals surface area contributed by atoms with Crippen LogP contribution in [0.4, 0.5) is 0 Å². The summed E-state index contributed by atoms with van der Waals surface area (Å²) in [7, 11) is 0. The minimum absolute atomic E-state index is 0.0459. The monoisotopic (exact) mass is 582 g/mol. The Balaban J connectivity index is 3.08. The number of nitrogens with zero attached hydrogens (tertiary/aromatic N) is 3. The van der Waals surface area contributed by atoms with Gasteiger partial charge in [-0.15, -0.1) is 0 Å². The number of aromatic nitrogens is 2. The number of aliphatic imine (C=N–C) groups is 2. The number of carbonyl (C=O) groups excluding carboxylic acids is 3. The van der Waals surface area contributed by atoms with Crippen molar-refractivity contribution in [1.29, 1.82) is 0 Å². The molecule has 16 N–H and O–H groups in total. The van der Waals surface area contributed by atoms with Gasteiger partial charge in [0.05, 0.1) is 18.8 Å². The maximum absolute atomic E-state index is 13.3. The van der Waals surface area contributed by atoms with E-state index < -0.39 is 60.2 Å². The normalized spacial score (nSPS) is 13.5. The van der Waals surface area contributed by atoms with Gasteiger partial charge in [0.1, 0.15) is 18.1 Å². The van der Waals surface area contributed by atoms with E-state index in [1.807, 2.05) is 0 Å². The van der Waals surface area contributed by atoms with Crippen molar-refractivity contribution < 1.29 is 34.2 Å². The predicted octanol–water partition coefficient (Wildman–Crippen LogP) is -4.60. The molecule has 0 saturated carbocycles. The van der Waals surface area contributed by atoms with Crippen LogP contribution >= 0.6 is 0 Å². The summed E-state index contributed by atoms with van der Waals surface area (Å²) in [6.07, 6.45) is 2.55. The number of nitrogens with one attached hydrogen (secondary N) is 4. The average molecular weight is 583 g/mol. The summed E-state index contributed by atoms with van der Waals surface area (Å²) >= 11 is 0. The van der Waals surface area contributed by atoms with Gasteiger partial charge in [-0.3, -0.25) is 29.2 Å². The Kier molecular flexibility index (Phi) is 14.6. The lowest BCUT2D eigenvalue weighted by Gasteiger charge is -2.25. The summed E-state index contributed by atoms with van der Waals surface area (Å²) in [4.78, 5) is 75.8. The Morgan fingerprint density at radius 2 is 1.32 bits per heavy atom. The zero-order chi connectivity index (χ0) is 30.9. The maximum Gasteiger partial charge on any atom is 0.326 e. The molecule has 1 heterocycles. The fourth-order valence-corrected chi connectivity index (χ4v) is 3.47. The molecule has 1 aromatic heterocycles. The Morgan fingerprint density at radius 1 is 0.829 bits per heavy atom. The van der Waals surface area contributed by atoms with Crippen LogP contribution in [0.3, 0.4) is 0 Å². The second-order valence-electron chi connectivity index (χ2n) is 8.90. The van der Waals surface area contributed by atoms with Crippen LogP contribution in [-0.4, -0.2) is 99.0 Å². The van der Waals surface area contributed by atoms with Gasteiger partial charge in [0.2, 0.25) is 17.7 Å². The highest BCUT2D eigenvalue weighted by Crippen LogP contribution is 2.06. The number of hydrogen-bond donors (Lipinski definition) is 11. The Bertz CT molecular complexity index is 1080. The molecule has 228 valence electrons. The molecule has 0 aliphatic carbocycles. The number of aromatic amines is 1. The fourth-order valence-electron chi connectivity index (χ4n) is 3.47. The minimum Gasteiger partial charge on any atom is -0.481 e. The molecule has 41 heavy (non-hydrogen) atoms. The standard InChI is InChI=1S/C22H38N12O7/c23-12(7-11-9-28-10-31-11)17(37)32-13(3-1-5-29-21(24)25)18(38)33-14(4-2-6-30-22(26)27)19(39)34-15(20(40)41)8-16(35)36/h9-10,12-15H,1-8,23H2,(H,28,31)(H,32,37)(H,33,38)(H,34,39)(H,35,36)(H,40,41)(H4,24,25,29)(H4,26,27,30). The number of nitrogens with two attached hydrogens (primary N) is 5. The lowest BCUT2D eigenvalue weighted by molar-refractivity contribution is -0.147. The van der Waals surface area contributed by atoms with E-state index in [2.05, 4.69) is 35.9 Å². The van der Waals surface area contributed by atoms with Crippen molar-refractivity contribution in [1.82, 2.24) is 25.9 Å². The van der Waals surface area contributed by atoms with E-state index in [9.17, 15) is 29.1 Å². The molecule has 19 heteroatoms. The third-order valence-electron chi connectivity index (χ3n) is 5.48. The molecule has 0 spiro atoms. The van der Waals surface area contributed by atoms with Crippen molar-refractivity contribution in [3.63, 3.8) is 0 Å². The Labute approximate surface area is 234 Å². The van der Waals surface area contributed by atoms with E-state index in [1.165, 1.54) is 12.5 Å². The molecule has 4 unspecified atom stereocenters. The summed E-state index contributed by atoms with van der Waals surface area (Å²) in [5.41, 5.74) is 27.8. The maximum atomic E-state index is 13.3. The van der Waals surface area contributed by atoms with Crippen LogP contribution in [0.15, 0.2) is 22.5 Å². The zero-order valence-electron chi connectivity index (χ0n) is 22.3. The molecule has 0 aliphatic heterocycles. The van der Waals surface area contributed by atoms with Crippen LogP contribution < -0.4 is 44.6 Å². The second kappa shape index (κ2) is 17.6. The smallest absolute Gasteiger partial charge is 0.326 e. The number of carbonyl (C=O) groups is 5. The highest BCUT2D eigenvalue weighted by molar-refractivity contribution is 5.94. The first-order chi connectivity index (χ1) is 19.3. The average Bonchev–Trinajstić information content (AvgIpc) is 3.39. The van der Waals surface area contributed by atoms with Crippen LogP contribution in [0.5, 0.6) is 0 Å². The molecular weight excluding hydrogens is 544 g/mol. The van der Waals surface area contributed by atoms with Crippen LogP contribution in [0, 0.1) is 0 Å². The summed E-state index contributed by atoms with van der Waals surface area (Å²) < 4.78 is 0. The van der Waals surface area contributed by atoms with Crippen LogP contribution in [0.2, 0.25) is 0 Å². The summed E-state index contributed by atoms with van der Waals surface area (Å²) in [6.45, 7) is 0.223. The van der Waals surface area contributed by atoms with Crippen molar-refractivity contribution in [3.8, 4) is 0 Å². The zero-order valence-corrected chi connectivity index (χ0v) is 22.3. The third-order valence-corrected chi connectivity index (χ3v) is 5.48. The molecule has 0 bridgehead atoms. The molecule has 0 aromatic carbocycles. The second-order valence-corrected chi connectivity index (χ2v) is 8.90. The lowest BCUT2D eigenvalue weighted by Crippen LogP contribution is -2.57. The van der Waals surface area contributed by atoms with E-state index in [0.29, 0.717) is 5.69 Å².